The van der Waals surface area contributed by atoms with Crippen molar-refractivity contribution in [1.29, 1.82) is 0 Å². The van der Waals surface area contributed by atoms with E-state index in [2.05, 4.69) is 5.32 Å². The van der Waals surface area contributed by atoms with Crippen LogP contribution in [0.15, 0.2) is 48.5 Å². The summed E-state index contributed by atoms with van der Waals surface area (Å²) in [5, 5.41) is 3.32. The lowest BCUT2D eigenvalue weighted by molar-refractivity contribution is 0.199. The monoisotopic (exact) mass is 287 g/mol. The van der Waals surface area contributed by atoms with E-state index in [0.29, 0.717) is 12.4 Å². The first-order chi connectivity index (χ1) is 10.3. The van der Waals surface area contributed by atoms with Crippen LogP contribution >= 0.6 is 0 Å². The Morgan fingerprint density at radius 2 is 1.52 bits per heavy atom. The Labute approximate surface area is 125 Å². The summed E-state index contributed by atoms with van der Waals surface area (Å²) in [6.45, 7) is 2.23. The van der Waals surface area contributed by atoms with E-state index < -0.39 is 0 Å². The van der Waals surface area contributed by atoms with Crippen molar-refractivity contribution in [2.45, 2.75) is 6.54 Å². The number of hydrogen-bond acceptors (Lipinski definition) is 4. The van der Waals surface area contributed by atoms with Crippen molar-refractivity contribution in [3.63, 3.8) is 0 Å². The lowest BCUT2D eigenvalue weighted by Crippen LogP contribution is -2.18. The summed E-state index contributed by atoms with van der Waals surface area (Å²) >= 11 is 0. The van der Waals surface area contributed by atoms with E-state index in [9.17, 15) is 0 Å². The molecule has 0 amide bonds. The Bertz CT molecular complexity index is 557. The van der Waals surface area contributed by atoms with E-state index in [1.54, 1.807) is 14.2 Å². The normalized spacial score (nSPS) is 10.4. The van der Waals surface area contributed by atoms with E-state index in [0.717, 1.165) is 30.2 Å². The molecule has 0 aliphatic rings. The molecule has 0 spiro atoms. The zero-order valence-corrected chi connectivity index (χ0v) is 12.5. The van der Waals surface area contributed by atoms with Gasteiger partial charge in [0.2, 0.25) is 0 Å². The molecule has 0 fully saturated rings. The molecular weight excluding hydrogens is 266 g/mol. The fourth-order valence-electron chi connectivity index (χ4n) is 1.97. The second-order valence-corrected chi connectivity index (χ2v) is 4.53. The van der Waals surface area contributed by atoms with E-state index in [1.807, 2.05) is 48.5 Å². The van der Waals surface area contributed by atoms with Gasteiger partial charge in [-0.2, -0.15) is 0 Å². The van der Waals surface area contributed by atoms with Crippen LogP contribution in [-0.2, 0) is 11.3 Å². The van der Waals surface area contributed by atoms with Crippen molar-refractivity contribution in [3.05, 3.63) is 54.1 Å². The first-order valence-corrected chi connectivity index (χ1v) is 6.93. The highest BCUT2D eigenvalue weighted by Crippen LogP contribution is 2.32. The van der Waals surface area contributed by atoms with Crippen LogP contribution in [0.2, 0.25) is 0 Å². The maximum Gasteiger partial charge on any atom is 0.169 e. The van der Waals surface area contributed by atoms with Gasteiger partial charge in [0.25, 0.3) is 0 Å². The maximum atomic E-state index is 5.99. The summed E-state index contributed by atoms with van der Waals surface area (Å²) < 4.78 is 16.3. The predicted octanol–water partition coefficient (Wildman–Crippen LogP) is 3.22. The molecule has 2 aromatic rings. The minimum atomic E-state index is 0.690. The van der Waals surface area contributed by atoms with Gasteiger partial charge in [0.15, 0.2) is 11.5 Å². The first-order valence-electron chi connectivity index (χ1n) is 6.93. The quantitative estimate of drug-likeness (QED) is 0.757. The van der Waals surface area contributed by atoms with Gasteiger partial charge < -0.3 is 19.5 Å². The number of ether oxygens (including phenoxy) is 3. The Morgan fingerprint density at radius 3 is 2.24 bits per heavy atom. The van der Waals surface area contributed by atoms with Crippen LogP contribution < -0.4 is 14.8 Å². The van der Waals surface area contributed by atoms with Crippen LogP contribution in [0, 0.1) is 0 Å². The molecule has 0 atom stereocenters. The molecule has 0 saturated carbocycles. The third-order valence-electron chi connectivity index (χ3n) is 3.06. The number of benzene rings is 2. The number of rotatable bonds is 8. The highest BCUT2D eigenvalue weighted by Gasteiger charge is 2.07. The second kappa shape index (κ2) is 8.29. The Morgan fingerprint density at radius 1 is 0.857 bits per heavy atom. The maximum absolute atomic E-state index is 5.99. The molecule has 112 valence electrons. The van der Waals surface area contributed by atoms with Crippen molar-refractivity contribution in [3.8, 4) is 17.2 Å². The van der Waals surface area contributed by atoms with Gasteiger partial charge in [0, 0.05) is 25.8 Å². The standard InChI is InChI=1S/C17H21NO3/c1-19-12-11-18-13-14-7-3-4-8-15(14)21-17-10-6-5-9-16(17)20-2/h3-10,18H,11-13H2,1-2H3. The molecular formula is C17H21NO3. The lowest BCUT2D eigenvalue weighted by Gasteiger charge is -2.13. The van der Waals surface area contributed by atoms with E-state index in [1.165, 1.54) is 0 Å². The highest BCUT2D eigenvalue weighted by atomic mass is 16.5. The molecule has 2 rings (SSSR count). The fraction of sp³-hybridized carbons (Fsp3) is 0.294. The zero-order chi connectivity index (χ0) is 14.9. The molecule has 0 heterocycles. The molecule has 0 aliphatic carbocycles. The summed E-state index contributed by atoms with van der Waals surface area (Å²) in [6.07, 6.45) is 0. The first kappa shape index (κ1) is 15.4. The van der Waals surface area contributed by atoms with Gasteiger partial charge in [-0.05, 0) is 18.2 Å². The molecule has 0 radical (unpaired) electrons. The van der Waals surface area contributed by atoms with Crippen LogP contribution in [0.25, 0.3) is 0 Å². The largest absolute Gasteiger partial charge is 0.493 e. The van der Waals surface area contributed by atoms with Gasteiger partial charge in [0.05, 0.1) is 13.7 Å². The molecule has 0 saturated heterocycles. The molecule has 0 aliphatic heterocycles. The average Bonchev–Trinajstić information content (AvgIpc) is 2.53. The van der Waals surface area contributed by atoms with E-state index >= 15 is 0 Å². The van der Waals surface area contributed by atoms with Gasteiger partial charge in [-0.25, -0.2) is 0 Å². The topological polar surface area (TPSA) is 39.7 Å². The van der Waals surface area contributed by atoms with E-state index in [4.69, 9.17) is 14.2 Å². The average molecular weight is 287 g/mol. The molecule has 0 unspecified atom stereocenters. The Kier molecular flexibility index (Phi) is 6.06. The fourth-order valence-corrected chi connectivity index (χ4v) is 1.97. The summed E-state index contributed by atoms with van der Waals surface area (Å²) in [5.41, 5.74) is 1.10. The predicted molar refractivity (Wildman–Crippen MR) is 83.1 cm³/mol. The van der Waals surface area contributed by atoms with Crippen LogP contribution in [0.1, 0.15) is 5.56 Å². The lowest BCUT2D eigenvalue weighted by atomic mass is 10.2. The van der Waals surface area contributed by atoms with E-state index in [-0.39, 0.29) is 0 Å². The number of methoxy groups -OCH3 is 2. The molecule has 0 aromatic heterocycles. The molecule has 2 aromatic carbocycles. The van der Waals surface area contributed by atoms with Crippen molar-refractivity contribution in [2.75, 3.05) is 27.4 Å². The molecule has 0 bridgehead atoms. The van der Waals surface area contributed by atoms with Crippen molar-refractivity contribution in [2.24, 2.45) is 0 Å². The summed E-state index contributed by atoms with van der Waals surface area (Å²) in [4.78, 5) is 0. The van der Waals surface area contributed by atoms with Crippen molar-refractivity contribution < 1.29 is 14.2 Å². The Hall–Kier alpha value is -2.04. The van der Waals surface area contributed by atoms with Crippen molar-refractivity contribution >= 4 is 0 Å². The number of para-hydroxylation sites is 3. The second-order valence-electron chi connectivity index (χ2n) is 4.53. The Balaban J connectivity index is 2.09. The number of hydrogen-bond donors (Lipinski definition) is 1. The summed E-state index contributed by atoms with van der Waals surface area (Å²) in [7, 11) is 3.33. The smallest absolute Gasteiger partial charge is 0.169 e. The van der Waals surface area contributed by atoms with Gasteiger partial charge in [-0.15, -0.1) is 0 Å². The minimum absolute atomic E-state index is 0.690. The van der Waals surface area contributed by atoms with Gasteiger partial charge in [-0.3, -0.25) is 0 Å². The number of nitrogens with one attached hydrogen (secondary N) is 1. The summed E-state index contributed by atoms with van der Waals surface area (Å²) in [6, 6.07) is 15.6. The highest BCUT2D eigenvalue weighted by molar-refractivity contribution is 5.44. The van der Waals surface area contributed by atoms with Gasteiger partial charge >= 0.3 is 0 Å². The minimum Gasteiger partial charge on any atom is -0.493 e. The van der Waals surface area contributed by atoms with Crippen LogP contribution in [0.3, 0.4) is 0 Å². The van der Waals surface area contributed by atoms with Crippen LogP contribution in [-0.4, -0.2) is 27.4 Å². The molecule has 4 nitrogen and oxygen atoms in total. The van der Waals surface area contributed by atoms with Gasteiger partial charge in [0.1, 0.15) is 5.75 Å². The molecule has 1 N–H and O–H groups in total. The molecule has 21 heavy (non-hydrogen) atoms. The zero-order valence-electron chi connectivity index (χ0n) is 12.5. The summed E-state index contributed by atoms with van der Waals surface area (Å²) in [5.74, 6) is 2.26. The van der Waals surface area contributed by atoms with Crippen LogP contribution in [0.5, 0.6) is 17.2 Å². The van der Waals surface area contributed by atoms with Gasteiger partial charge in [-0.1, -0.05) is 30.3 Å². The molecule has 4 heteroatoms. The third-order valence-corrected chi connectivity index (χ3v) is 3.06. The van der Waals surface area contributed by atoms with Crippen LogP contribution in [0.4, 0.5) is 0 Å². The van der Waals surface area contributed by atoms with Crippen molar-refractivity contribution in [1.82, 2.24) is 5.32 Å². The SMILES string of the molecule is COCCNCc1ccccc1Oc1ccccc1OC. The third kappa shape index (κ3) is 4.48.